The van der Waals surface area contributed by atoms with Crippen molar-refractivity contribution in [2.75, 3.05) is 43.1 Å². The minimum atomic E-state index is -0.448. The van der Waals surface area contributed by atoms with Gasteiger partial charge in [-0.25, -0.2) is 0 Å². The van der Waals surface area contributed by atoms with Crippen molar-refractivity contribution >= 4 is 46.3 Å². The van der Waals surface area contributed by atoms with Gasteiger partial charge in [0.25, 0.3) is 11.1 Å². The number of nitrogens with zero attached hydrogens (tertiary/aromatic N) is 2. The number of benzene rings is 2. The van der Waals surface area contributed by atoms with E-state index in [1.54, 1.807) is 6.08 Å². The van der Waals surface area contributed by atoms with E-state index in [9.17, 15) is 14.4 Å². The summed E-state index contributed by atoms with van der Waals surface area (Å²) >= 11 is 0.857. The first-order chi connectivity index (χ1) is 15.5. The van der Waals surface area contributed by atoms with E-state index in [0.717, 1.165) is 47.4 Å². The molecule has 2 aliphatic heterocycles. The van der Waals surface area contributed by atoms with Crippen LogP contribution in [0.5, 0.6) is 0 Å². The van der Waals surface area contributed by atoms with Gasteiger partial charge in [-0.1, -0.05) is 43.3 Å². The summed E-state index contributed by atoms with van der Waals surface area (Å²) in [7, 11) is 0. The molecule has 32 heavy (non-hydrogen) atoms. The highest BCUT2D eigenvalue weighted by atomic mass is 32.2. The number of rotatable bonds is 6. The van der Waals surface area contributed by atoms with Crippen LogP contribution >= 0.6 is 11.8 Å². The highest BCUT2D eigenvalue weighted by Crippen LogP contribution is 2.32. The number of carbonyl (C=O) groups excluding carboxylic acids is 3. The molecule has 0 spiro atoms. The summed E-state index contributed by atoms with van der Waals surface area (Å²) in [6.07, 6.45) is 2.62. The van der Waals surface area contributed by atoms with Gasteiger partial charge in [-0.15, -0.1) is 0 Å². The molecule has 3 amide bonds. The monoisotopic (exact) mass is 451 g/mol. The average molecular weight is 452 g/mol. The summed E-state index contributed by atoms with van der Waals surface area (Å²) < 4.78 is 5.40. The highest BCUT2D eigenvalue weighted by molar-refractivity contribution is 8.18. The standard InChI is InChI=1S/C24H25N3O4S/c1-2-17-7-9-18(10-8-17)15-21-23(29)27(24(30)32-21)16-22(28)25-19-5-3-4-6-20(19)26-11-13-31-14-12-26/h3-10,15H,2,11-14,16H2,1H3,(H,25,28)/b21-15-. The van der Waals surface area contributed by atoms with Gasteiger partial charge < -0.3 is 15.0 Å². The topological polar surface area (TPSA) is 79.0 Å². The van der Waals surface area contributed by atoms with Gasteiger partial charge in [0.05, 0.1) is 29.5 Å². The Morgan fingerprint density at radius 1 is 1.09 bits per heavy atom. The number of carbonyl (C=O) groups is 3. The molecule has 0 unspecified atom stereocenters. The van der Waals surface area contributed by atoms with Gasteiger partial charge in [-0.2, -0.15) is 0 Å². The Kier molecular flexibility index (Phi) is 6.92. The van der Waals surface area contributed by atoms with Gasteiger partial charge in [0.15, 0.2) is 0 Å². The quantitative estimate of drug-likeness (QED) is 0.674. The van der Waals surface area contributed by atoms with E-state index in [0.29, 0.717) is 23.8 Å². The summed E-state index contributed by atoms with van der Waals surface area (Å²) in [4.78, 5) is 41.3. The molecule has 166 valence electrons. The maximum absolute atomic E-state index is 12.8. The van der Waals surface area contributed by atoms with Crippen molar-refractivity contribution in [3.63, 3.8) is 0 Å². The van der Waals surface area contributed by atoms with Crippen LogP contribution in [-0.4, -0.2) is 54.8 Å². The largest absolute Gasteiger partial charge is 0.378 e. The fraction of sp³-hybridized carbons (Fsp3) is 0.292. The number of thioether (sulfide) groups is 1. The second kappa shape index (κ2) is 10.0. The summed E-state index contributed by atoms with van der Waals surface area (Å²) in [5, 5.41) is 2.42. The zero-order valence-electron chi connectivity index (χ0n) is 17.9. The van der Waals surface area contributed by atoms with Crippen LogP contribution in [0.3, 0.4) is 0 Å². The second-order valence-electron chi connectivity index (χ2n) is 7.53. The predicted molar refractivity (Wildman–Crippen MR) is 127 cm³/mol. The molecule has 2 heterocycles. The Labute approximate surface area is 191 Å². The van der Waals surface area contributed by atoms with E-state index in [2.05, 4.69) is 17.1 Å². The number of para-hydroxylation sites is 2. The molecule has 2 aromatic rings. The fourth-order valence-corrected chi connectivity index (χ4v) is 4.47. The van der Waals surface area contributed by atoms with Crippen molar-refractivity contribution in [3.05, 3.63) is 64.6 Å². The molecule has 0 aromatic heterocycles. The molecular weight excluding hydrogens is 426 g/mol. The smallest absolute Gasteiger partial charge is 0.294 e. The SMILES string of the molecule is CCc1ccc(/C=C2\SC(=O)N(CC(=O)Nc3ccccc3N3CCOCC3)C2=O)cc1. The molecule has 0 atom stereocenters. The van der Waals surface area contributed by atoms with Crippen LogP contribution in [0, 0.1) is 0 Å². The lowest BCUT2D eigenvalue weighted by Crippen LogP contribution is -2.38. The Morgan fingerprint density at radius 3 is 2.53 bits per heavy atom. The molecule has 8 heteroatoms. The molecule has 0 bridgehead atoms. The van der Waals surface area contributed by atoms with Crippen molar-refractivity contribution < 1.29 is 19.1 Å². The molecular formula is C24H25N3O4S. The highest BCUT2D eigenvalue weighted by Gasteiger charge is 2.36. The molecule has 4 rings (SSSR count). The molecule has 7 nitrogen and oxygen atoms in total. The normalized spacial score (nSPS) is 17.8. The molecule has 2 aromatic carbocycles. The number of morpholine rings is 1. The molecule has 0 radical (unpaired) electrons. The van der Waals surface area contributed by atoms with Crippen molar-refractivity contribution in [1.29, 1.82) is 0 Å². The van der Waals surface area contributed by atoms with Gasteiger partial charge in [-0.3, -0.25) is 19.3 Å². The van der Waals surface area contributed by atoms with Crippen LogP contribution in [0.25, 0.3) is 6.08 Å². The van der Waals surface area contributed by atoms with Crippen molar-refractivity contribution in [3.8, 4) is 0 Å². The van der Waals surface area contributed by atoms with Crippen molar-refractivity contribution in [1.82, 2.24) is 4.90 Å². The lowest BCUT2D eigenvalue weighted by atomic mass is 10.1. The van der Waals surface area contributed by atoms with E-state index in [-0.39, 0.29) is 6.54 Å². The van der Waals surface area contributed by atoms with E-state index in [1.165, 1.54) is 5.56 Å². The van der Waals surface area contributed by atoms with E-state index in [4.69, 9.17) is 4.74 Å². The number of ether oxygens (including phenoxy) is 1. The minimum absolute atomic E-state index is 0.320. The summed E-state index contributed by atoms with van der Waals surface area (Å²) in [5.74, 6) is -0.863. The molecule has 1 N–H and O–H groups in total. The minimum Gasteiger partial charge on any atom is -0.378 e. The average Bonchev–Trinajstić information content (AvgIpc) is 3.07. The molecule has 2 fully saturated rings. The number of amides is 3. The third-order valence-corrected chi connectivity index (χ3v) is 6.30. The van der Waals surface area contributed by atoms with Crippen molar-refractivity contribution in [2.45, 2.75) is 13.3 Å². The number of anilines is 2. The second-order valence-corrected chi connectivity index (χ2v) is 8.52. The molecule has 0 saturated carbocycles. The molecule has 2 aliphatic rings. The number of aryl methyl sites for hydroxylation is 1. The number of nitrogens with one attached hydrogen (secondary N) is 1. The van der Waals surface area contributed by atoms with Crippen LogP contribution in [0.2, 0.25) is 0 Å². The third kappa shape index (κ3) is 5.03. The van der Waals surface area contributed by atoms with Crippen LogP contribution in [-0.2, 0) is 20.7 Å². The van der Waals surface area contributed by atoms with Crippen LogP contribution in [0.4, 0.5) is 16.2 Å². The maximum Gasteiger partial charge on any atom is 0.294 e. The van der Waals surface area contributed by atoms with Gasteiger partial charge in [0.1, 0.15) is 6.54 Å². The first-order valence-electron chi connectivity index (χ1n) is 10.6. The van der Waals surface area contributed by atoms with Crippen molar-refractivity contribution in [2.24, 2.45) is 0 Å². The van der Waals surface area contributed by atoms with Gasteiger partial charge in [0.2, 0.25) is 5.91 Å². The van der Waals surface area contributed by atoms with Crippen LogP contribution < -0.4 is 10.2 Å². The summed E-state index contributed by atoms with van der Waals surface area (Å²) in [6, 6.07) is 15.3. The first-order valence-corrected chi connectivity index (χ1v) is 11.4. The Bertz CT molecular complexity index is 1050. The maximum atomic E-state index is 12.8. The third-order valence-electron chi connectivity index (χ3n) is 5.39. The summed E-state index contributed by atoms with van der Waals surface area (Å²) in [6.45, 7) is 4.48. The Balaban J connectivity index is 1.43. The fourth-order valence-electron chi connectivity index (χ4n) is 3.63. The van der Waals surface area contributed by atoms with Gasteiger partial charge in [0, 0.05) is 13.1 Å². The zero-order chi connectivity index (χ0) is 22.5. The molecule has 2 saturated heterocycles. The summed E-state index contributed by atoms with van der Waals surface area (Å²) in [5.41, 5.74) is 3.59. The Morgan fingerprint density at radius 2 is 1.81 bits per heavy atom. The van der Waals surface area contributed by atoms with E-state index >= 15 is 0 Å². The number of hydrogen-bond donors (Lipinski definition) is 1. The van der Waals surface area contributed by atoms with Crippen LogP contribution in [0.1, 0.15) is 18.1 Å². The predicted octanol–water partition coefficient (Wildman–Crippen LogP) is 3.76. The lowest BCUT2D eigenvalue weighted by molar-refractivity contribution is -0.127. The number of hydrogen-bond acceptors (Lipinski definition) is 6. The van der Waals surface area contributed by atoms with E-state index in [1.807, 2.05) is 48.5 Å². The first kappa shape index (κ1) is 22.1. The van der Waals surface area contributed by atoms with E-state index < -0.39 is 17.1 Å². The Hall–Kier alpha value is -3.10. The zero-order valence-corrected chi connectivity index (χ0v) is 18.7. The molecule has 0 aliphatic carbocycles. The number of imide groups is 1. The van der Waals surface area contributed by atoms with Gasteiger partial charge >= 0.3 is 0 Å². The van der Waals surface area contributed by atoms with Crippen LogP contribution in [0.15, 0.2) is 53.4 Å². The van der Waals surface area contributed by atoms with Gasteiger partial charge in [-0.05, 0) is 47.5 Å². The lowest BCUT2D eigenvalue weighted by Gasteiger charge is -2.30.